The molecule has 0 fully saturated rings. The number of anilines is 2. The Morgan fingerprint density at radius 1 is 0.765 bits per heavy atom. The number of aromatic nitrogens is 1. The number of carbonyl (C=O) groups excluding carboxylic acids is 1. The number of nitrogens with one attached hydrogen (secondary N) is 3. The van der Waals surface area contributed by atoms with Gasteiger partial charge in [0.05, 0.1) is 23.0 Å². The Labute approximate surface area is 400 Å². The summed E-state index contributed by atoms with van der Waals surface area (Å²) in [6.45, 7) is 19.3. The maximum absolute atomic E-state index is 13.1. The van der Waals surface area contributed by atoms with Crippen LogP contribution in [0.5, 0.6) is 5.75 Å². The molecule has 1 atom stereocenters. The highest BCUT2D eigenvalue weighted by atomic mass is 28.4. The molecule has 1 aromatic heterocycles. The molecule has 5 aromatic carbocycles. The van der Waals surface area contributed by atoms with Crippen LogP contribution in [0.15, 0.2) is 132 Å². The Morgan fingerprint density at radius 2 is 1.43 bits per heavy atom. The lowest BCUT2D eigenvalue weighted by Gasteiger charge is -2.43. The van der Waals surface area contributed by atoms with Crippen molar-refractivity contribution in [3.63, 3.8) is 0 Å². The molecule has 6 aromatic rings. The second-order valence-electron chi connectivity index (χ2n) is 19.6. The van der Waals surface area contributed by atoms with Crippen molar-refractivity contribution >= 4 is 48.7 Å². The molecule has 358 valence electrons. The second kappa shape index (κ2) is 21.9. The molecule has 0 radical (unpaired) electrons. The quantitative estimate of drug-likeness (QED) is 0.0415. The summed E-state index contributed by atoms with van der Waals surface area (Å²) in [4.78, 5) is 55.3. The van der Waals surface area contributed by atoms with Crippen LogP contribution in [0.2, 0.25) is 18.1 Å². The van der Waals surface area contributed by atoms with Crippen molar-refractivity contribution in [3.8, 4) is 16.9 Å². The van der Waals surface area contributed by atoms with E-state index in [4.69, 9.17) is 9.16 Å². The van der Waals surface area contributed by atoms with Gasteiger partial charge in [-0.1, -0.05) is 112 Å². The van der Waals surface area contributed by atoms with Crippen LogP contribution in [0.4, 0.5) is 21.0 Å². The number of H-pyrrole nitrogens is 1. The number of amides is 3. The number of fused-ring (bicyclic) bond motifs is 1. The maximum Gasteiger partial charge on any atom is 0.431 e. The van der Waals surface area contributed by atoms with E-state index in [1.807, 2.05) is 97.1 Å². The minimum Gasteiger partial charge on any atom is -0.487 e. The van der Waals surface area contributed by atoms with Crippen LogP contribution in [-0.4, -0.2) is 65.1 Å². The Hall–Kier alpha value is -6.74. The number of carboxylic acid groups (broad SMARTS) is 2. The van der Waals surface area contributed by atoms with E-state index in [-0.39, 0.29) is 28.7 Å². The zero-order valence-corrected chi connectivity index (χ0v) is 41.4. The zero-order chi connectivity index (χ0) is 49.2. The van der Waals surface area contributed by atoms with Gasteiger partial charge in [0.1, 0.15) is 12.4 Å². The predicted molar refractivity (Wildman–Crippen MR) is 273 cm³/mol. The van der Waals surface area contributed by atoms with E-state index >= 15 is 0 Å². The molecule has 6 rings (SSSR count). The summed E-state index contributed by atoms with van der Waals surface area (Å²) < 4.78 is 13.6. The average Bonchev–Trinajstić information content (AvgIpc) is 3.28. The van der Waals surface area contributed by atoms with Gasteiger partial charge in [0.2, 0.25) is 11.5 Å². The lowest BCUT2D eigenvalue weighted by molar-refractivity contribution is -0.121. The molecular weight excluding hydrogens is 875 g/mol. The normalized spacial score (nSPS) is 12.4. The van der Waals surface area contributed by atoms with Crippen LogP contribution in [0.25, 0.3) is 22.0 Å². The molecule has 68 heavy (non-hydrogen) atoms. The van der Waals surface area contributed by atoms with Gasteiger partial charge >= 0.3 is 12.2 Å². The smallest absolute Gasteiger partial charge is 0.431 e. The largest absolute Gasteiger partial charge is 0.487 e. The van der Waals surface area contributed by atoms with E-state index in [1.165, 1.54) is 0 Å². The van der Waals surface area contributed by atoms with Gasteiger partial charge in [-0.25, -0.2) is 9.59 Å². The molecule has 0 saturated heterocycles. The standard InChI is InChI=1S/C54H65N5O8Si/c1-53(2,3)58(35-47(67-68(7,8)54(4,5)6)43-28-30-46(50-44(43)29-31-48(60)56-50)66-36-39-16-11-9-12-17-39)33-32-37-22-25-41(26-23-37)59(52(64)65)57-49(61)21-15-18-38-24-27-42(40-19-13-10-14-20-40)45(34-38)55-51(62)63/h9-14,16-17,19-20,22-31,34,47,55H,15,18,21,32-33,35-36H2,1-8H3,(H,56,60)(H,57,61)(H,62,63)(H,64,65)/t47-/m1/s1. The second-order valence-corrected chi connectivity index (χ2v) is 24.4. The Morgan fingerprint density at radius 3 is 2.06 bits per heavy atom. The summed E-state index contributed by atoms with van der Waals surface area (Å²) in [6, 6.07) is 39.4. The van der Waals surface area contributed by atoms with E-state index in [9.17, 15) is 29.4 Å². The number of aromatic amines is 1. The molecule has 5 N–H and O–H groups in total. The molecule has 13 nitrogen and oxygen atoms in total. The minimum atomic E-state index is -2.35. The summed E-state index contributed by atoms with van der Waals surface area (Å²) in [5.74, 6) is 0.118. The zero-order valence-electron chi connectivity index (χ0n) is 40.4. The fourth-order valence-electron chi connectivity index (χ4n) is 7.78. The first kappa shape index (κ1) is 50.7. The third-order valence-corrected chi connectivity index (χ3v) is 17.1. The Bertz CT molecular complexity index is 2730. The molecule has 0 spiro atoms. The van der Waals surface area contributed by atoms with Crippen molar-refractivity contribution in [2.75, 3.05) is 23.4 Å². The summed E-state index contributed by atoms with van der Waals surface area (Å²) in [5.41, 5.74) is 8.81. The summed E-state index contributed by atoms with van der Waals surface area (Å²) >= 11 is 0. The monoisotopic (exact) mass is 939 g/mol. The Kier molecular flexibility index (Phi) is 16.3. The molecule has 1 heterocycles. The van der Waals surface area contributed by atoms with Crippen LogP contribution in [0.1, 0.15) is 82.7 Å². The molecule has 0 saturated carbocycles. The third kappa shape index (κ3) is 13.5. The first-order valence-electron chi connectivity index (χ1n) is 23.0. The van der Waals surface area contributed by atoms with Crippen LogP contribution in [0, 0.1) is 0 Å². The number of hydrazine groups is 1. The molecule has 0 aliphatic rings. The number of hydrogen-bond acceptors (Lipinski definition) is 7. The topological polar surface area (TPSA) is 174 Å². The van der Waals surface area contributed by atoms with Gasteiger partial charge in [0.15, 0.2) is 8.32 Å². The lowest BCUT2D eigenvalue weighted by atomic mass is 9.98. The first-order chi connectivity index (χ1) is 32.2. The van der Waals surface area contributed by atoms with Crippen molar-refractivity contribution in [2.24, 2.45) is 0 Å². The van der Waals surface area contributed by atoms with Gasteiger partial charge in [-0.2, -0.15) is 5.01 Å². The SMILES string of the molecule is CC(C)(C)N(CCc1ccc(N(NC(=O)CCCc2ccc(-c3ccccc3)c(NC(=O)O)c2)C(=O)O)cc1)C[C@@H](O[Si](C)(C)C(C)(C)C)c1ccc(OCc2ccccc2)c2[nH]c(=O)ccc12. The van der Waals surface area contributed by atoms with E-state index in [2.05, 4.69) is 81.3 Å². The van der Waals surface area contributed by atoms with Gasteiger partial charge in [-0.3, -0.25) is 25.2 Å². The van der Waals surface area contributed by atoms with E-state index < -0.39 is 26.4 Å². The minimum absolute atomic E-state index is 0.0483. The number of hydrogen-bond donors (Lipinski definition) is 5. The number of nitrogens with zero attached hydrogens (tertiary/aromatic N) is 2. The third-order valence-electron chi connectivity index (χ3n) is 12.6. The van der Waals surface area contributed by atoms with Crippen molar-refractivity contribution in [2.45, 2.75) is 104 Å². The van der Waals surface area contributed by atoms with Gasteiger partial charge in [0, 0.05) is 42.1 Å². The maximum atomic E-state index is 13.1. The summed E-state index contributed by atoms with van der Waals surface area (Å²) in [5, 5.41) is 23.7. The average molecular weight is 940 g/mol. The van der Waals surface area contributed by atoms with Gasteiger partial charge in [0.25, 0.3) is 0 Å². The fraction of sp³-hybridized carbons (Fsp3) is 0.333. The van der Waals surface area contributed by atoms with E-state index in [0.717, 1.165) is 43.8 Å². The van der Waals surface area contributed by atoms with Crippen molar-refractivity contribution in [3.05, 3.63) is 160 Å². The summed E-state index contributed by atoms with van der Waals surface area (Å²) in [6.07, 6.45) is -1.28. The number of aryl methyl sites for hydroxylation is 1. The highest BCUT2D eigenvalue weighted by Gasteiger charge is 2.41. The highest BCUT2D eigenvalue weighted by molar-refractivity contribution is 6.74. The number of benzene rings is 5. The van der Waals surface area contributed by atoms with E-state index in [1.54, 1.807) is 24.3 Å². The first-order valence-corrected chi connectivity index (χ1v) is 25.9. The number of carbonyl (C=O) groups is 3. The van der Waals surface area contributed by atoms with E-state index in [0.29, 0.717) is 61.6 Å². The molecular formula is C54H65N5O8Si. The molecule has 0 bridgehead atoms. The molecule has 0 aliphatic carbocycles. The van der Waals surface area contributed by atoms with Gasteiger partial charge < -0.3 is 24.4 Å². The Balaban J connectivity index is 1.14. The number of ether oxygens (including phenoxy) is 1. The van der Waals surface area contributed by atoms with Crippen LogP contribution >= 0.6 is 0 Å². The van der Waals surface area contributed by atoms with Crippen LogP contribution in [-0.2, 0) is 28.7 Å². The molecule has 0 unspecified atom stereocenters. The number of pyridine rings is 1. The molecule has 3 amide bonds. The van der Waals surface area contributed by atoms with Gasteiger partial charge in [-0.05, 0) is 116 Å². The van der Waals surface area contributed by atoms with Crippen LogP contribution in [0.3, 0.4) is 0 Å². The molecule has 14 heteroatoms. The van der Waals surface area contributed by atoms with Crippen molar-refractivity contribution in [1.29, 1.82) is 0 Å². The fourth-order valence-corrected chi connectivity index (χ4v) is 9.05. The van der Waals surface area contributed by atoms with Gasteiger partial charge in [-0.15, -0.1) is 0 Å². The molecule has 0 aliphatic heterocycles. The van der Waals surface area contributed by atoms with Crippen molar-refractivity contribution in [1.82, 2.24) is 15.3 Å². The van der Waals surface area contributed by atoms with Crippen LogP contribution < -0.4 is 26.0 Å². The summed E-state index contributed by atoms with van der Waals surface area (Å²) in [7, 11) is -2.35. The predicted octanol–water partition coefficient (Wildman–Crippen LogP) is 11.8. The van der Waals surface area contributed by atoms with Crippen molar-refractivity contribution < 1.29 is 33.8 Å². The highest BCUT2D eigenvalue weighted by Crippen LogP contribution is 2.42. The number of rotatable bonds is 18. The lowest BCUT2D eigenvalue weighted by Crippen LogP contribution is -2.48.